The molecule has 0 aromatic rings. The summed E-state index contributed by atoms with van der Waals surface area (Å²) in [5, 5.41) is 10.4. The molecule has 5 heteroatoms. The van der Waals surface area contributed by atoms with E-state index in [4.69, 9.17) is 0 Å². The van der Waals surface area contributed by atoms with Gasteiger partial charge in [-0.05, 0) is 36.8 Å². The minimum absolute atomic E-state index is 0. The molecule has 0 aromatic carbocycles. The van der Waals surface area contributed by atoms with Gasteiger partial charge < -0.3 is 43.6 Å². The van der Waals surface area contributed by atoms with E-state index in [0.29, 0.717) is 47.8 Å². The molecule has 0 aliphatic heterocycles. The molecule has 0 aromatic heterocycles. The van der Waals surface area contributed by atoms with E-state index in [1.165, 1.54) is 12.8 Å². The van der Waals surface area contributed by atoms with Gasteiger partial charge in [-0.15, -0.1) is 6.04 Å². The van der Waals surface area contributed by atoms with Gasteiger partial charge in [-0.25, -0.2) is 0 Å². The van der Waals surface area contributed by atoms with Crippen molar-refractivity contribution in [3.8, 4) is 0 Å². The maximum atomic E-state index is 4.16. The monoisotopic (exact) mass is 721 g/mol. The van der Waals surface area contributed by atoms with Crippen LogP contribution in [0.1, 0.15) is 132 Å². The molecule has 3 N–H and O–H groups in total. The van der Waals surface area contributed by atoms with Crippen LogP contribution in [-0.4, -0.2) is 36.3 Å². The minimum atomic E-state index is 0. The zero-order chi connectivity index (χ0) is 27.2. The molecule has 1 rings (SSSR count). The van der Waals surface area contributed by atoms with E-state index in [1.54, 1.807) is 0 Å². The van der Waals surface area contributed by atoms with Gasteiger partial charge in [0.2, 0.25) is 0 Å². The first kappa shape index (κ1) is 61.1. The third kappa shape index (κ3) is 30.1. The first-order chi connectivity index (χ1) is 15.5. The molecule has 1 aliphatic carbocycles. The predicted octanol–water partition coefficient (Wildman–Crippen LogP) is 9.94. The van der Waals surface area contributed by atoms with Crippen molar-refractivity contribution in [1.82, 2.24) is 16.0 Å². The van der Waals surface area contributed by atoms with Crippen LogP contribution in [-0.2, 0) is 65.4 Å². The van der Waals surface area contributed by atoms with E-state index in [-0.39, 0.29) is 101 Å². The predicted molar refractivity (Wildman–Crippen MR) is 183 cm³/mol. The van der Waals surface area contributed by atoms with Crippen LogP contribution < -0.4 is 16.0 Å². The Balaban J connectivity index is -0.0000000596. The summed E-state index contributed by atoms with van der Waals surface area (Å²) in [5.41, 5.74) is 0. The molecular weight excluding hydrogens is 640 g/mol. The summed E-state index contributed by atoms with van der Waals surface area (Å²) in [5.74, 6) is 3.89. The molecule has 1 saturated carbocycles. The second-order valence-corrected chi connectivity index (χ2v) is 12.4. The van der Waals surface area contributed by atoms with Crippen LogP contribution in [0.15, 0.2) is 0 Å². The van der Waals surface area contributed by atoms with E-state index in [1.807, 2.05) is 0 Å². The Bertz CT molecular complexity index is 450. The Morgan fingerprint density at radius 1 is 0.600 bits per heavy atom. The summed E-state index contributed by atoms with van der Waals surface area (Å²) in [6.45, 7) is 42.7. The standard InChI is InChI=1S/C11H23N.2C10H21N.4CH4.2Y/c1-7-11(12-9(4)5)10(6)8(2)3;1-7(2)9-5-6-10(9)11-8(3)4;1-7(2)9(5)10(6)11-8(3)4;;;;;;/h8-12H,1,6-7H2,2-5H3;2*7-11H,5-6H2,1-4H3;4*1H4;;/q-2;;-2;;;;;;/t10-,11-;2*9-,10-;;;;;;/m111....../s1. The van der Waals surface area contributed by atoms with Gasteiger partial charge in [0.25, 0.3) is 0 Å². The van der Waals surface area contributed by atoms with Crippen molar-refractivity contribution in [2.45, 2.75) is 168 Å². The first-order valence-corrected chi connectivity index (χ1v) is 14.1. The van der Waals surface area contributed by atoms with Crippen molar-refractivity contribution in [1.29, 1.82) is 0 Å². The fourth-order valence-corrected chi connectivity index (χ4v) is 4.29. The van der Waals surface area contributed by atoms with Crippen LogP contribution in [0.25, 0.3) is 0 Å². The SMILES string of the molecule is C.C.C.C.CC(C)N[C@@H]1CC[C@@H]1C(C)C.[CH2-]C[C@@H](NC(C)C)[C@H]([CH2-])C(C)C.[CH2-][C@H](C(C)C)[C@@H]([CH2-])NC(C)C.[Y].[Y]. The normalized spacial score (nSPS) is 18.4. The van der Waals surface area contributed by atoms with Crippen LogP contribution in [0, 0.1) is 63.2 Å². The Kier molecular flexibility index (Phi) is 51.9. The molecule has 40 heavy (non-hydrogen) atoms. The zero-order valence-corrected chi connectivity index (χ0v) is 32.2. The molecule has 2 radical (unpaired) electrons. The summed E-state index contributed by atoms with van der Waals surface area (Å²) >= 11 is 0. The summed E-state index contributed by atoms with van der Waals surface area (Å²) in [6, 6.07) is 3.23. The molecule has 0 unspecified atom stereocenters. The summed E-state index contributed by atoms with van der Waals surface area (Å²) in [7, 11) is 0. The van der Waals surface area contributed by atoms with E-state index in [2.05, 4.69) is 127 Å². The van der Waals surface area contributed by atoms with Crippen LogP contribution in [0.2, 0.25) is 0 Å². The first-order valence-electron chi connectivity index (χ1n) is 14.1. The fraction of sp³-hybridized carbons (Fsp3) is 0.886. The molecule has 0 amide bonds. The fourth-order valence-electron chi connectivity index (χ4n) is 4.29. The molecule has 1 fully saturated rings. The van der Waals surface area contributed by atoms with Crippen molar-refractivity contribution in [2.24, 2.45) is 35.5 Å². The molecule has 1 aliphatic rings. The average molecular weight is 722 g/mol. The Hall–Kier alpha value is 2.09. The molecule has 0 spiro atoms. The van der Waals surface area contributed by atoms with Gasteiger partial charge in [-0.2, -0.15) is 18.3 Å². The van der Waals surface area contributed by atoms with E-state index >= 15 is 0 Å². The molecule has 0 saturated heterocycles. The third-order valence-electron chi connectivity index (χ3n) is 6.88. The molecule has 0 bridgehead atoms. The van der Waals surface area contributed by atoms with Gasteiger partial charge in [0.15, 0.2) is 0 Å². The van der Waals surface area contributed by atoms with Crippen molar-refractivity contribution in [3.05, 3.63) is 27.7 Å². The van der Waals surface area contributed by atoms with Gasteiger partial charge in [0.1, 0.15) is 0 Å². The van der Waals surface area contributed by atoms with Crippen molar-refractivity contribution in [3.63, 3.8) is 0 Å². The smallest absolute Gasteiger partial charge is 0.0100 e. The van der Waals surface area contributed by atoms with Gasteiger partial charge in [-0.1, -0.05) is 125 Å². The van der Waals surface area contributed by atoms with Crippen LogP contribution in [0.3, 0.4) is 0 Å². The number of hydrogen-bond donors (Lipinski definition) is 3. The topological polar surface area (TPSA) is 36.1 Å². The Morgan fingerprint density at radius 3 is 1.23 bits per heavy atom. The summed E-state index contributed by atoms with van der Waals surface area (Å²) in [6.07, 6.45) is 3.74. The van der Waals surface area contributed by atoms with Gasteiger partial charge >= 0.3 is 0 Å². The van der Waals surface area contributed by atoms with Crippen LogP contribution >= 0.6 is 0 Å². The zero-order valence-electron chi connectivity index (χ0n) is 26.5. The quantitative estimate of drug-likeness (QED) is 0.176. The molecule has 246 valence electrons. The van der Waals surface area contributed by atoms with Gasteiger partial charge in [-0.3, -0.25) is 0 Å². The Labute approximate surface area is 310 Å². The van der Waals surface area contributed by atoms with E-state index < -0.39 is 0 Å². The Morgan fingerprint density at radius 2 is 1.00 bits per heavy atom. The number of hydrogen-bond acceptors (Lipinski definition) is 3. The third-order valence-corrected chi connectivity index (χ3v) is 6.88. The second kappa shape index (κ2) is 34.0. The second-order valence-electron chi connectivity index (χ2n) is 12.4. The molecular formula is C35H81N3Y2-4. The van der Waals surface area contributed by atoms with Crippen molar-refractivity contribution in [2.75, 3.05) is 0 Å². The molecule has 3 nitrogen and oxygen atoms in total. The van der Waals surface area contributed by atoms with Gasteiger partial charge in [0, 0.05) is 83.5 Å². The van der Waals surface area contributed by atoms with Crippen LogP contribution in [0.5, 0.6) is 0 Å². The average Bonchev–Trinajstić information content (AvgIpc) is 2.67. The number of nitrogens with one attached hydrogen (secondary N) is 3. The van der Waals surface area contributed by atoms with Gasteiger partial charge in [0.05, 0.1) is 0 Å². The van der Waals surface area contributed by atoms with Crippen molar-refractivity contribution < 1.29 is 65.4 Å². The minimum Gasteiger partial charge on any atom is -0.343 e. The molecule has 0 heterocycles. The molecule has 6 atom stereocenters. The van der Waals surface area contributed by atoms with E-state index in [9.17, 15) is 0 Å². The van der Waals surface area contributed by atoms with Crippen LogP contribution in [0.4, 0.5) is 0 Å². The largest absolute Gasteiger partial charge is 0.343 e. The van der Waals surface area contributed by atoms with E-state index in [0.717, 1.165) is 24.3 Å². The maximum Gasteiger partial charge on any atom is 0.0100 e. The summed E-state index contributed by atoms with van der Waals surface area (Å²) < 4.78 is 0. The number of rotatable bonds is 12. The van der Waals surface area contributed by atoms with Crippen molar-refractivity contribution >= 4 is 0 Å². The summed E-state index contributed by atoms with van der Waals surface area (Å²) in [4.78, 5) is 0. The maximum absolute atomic E-state index is 4.16.